The summed E-state index contributed by atoms with van der Waals surface area (Å²) in [7, 11) is 0. The Morgan fingerprint density at radius 1 is 1.15 bits per heavy atom. The van der Waals surface area contributed by atoms with Gasteiger partial charge in [-0.15, -0.1) is 0 Å². The summed E-state index contributed by atoms with van der Waals surface area (Å²) in [5, 5.41) is 0. The van der Waals surface area contributed by atoms with Gasteiger partial charge in [0, 0.05) is 29.9 Å². The summed E-state index contributed by atoms with van der Waals surface area (Å²) >= 11 is 0. The van der Waals surface area contributed by atoms with Crippen molar-refractivity contribution in [1.82, 2.24) is 9.97 Å². The van der Waals surface area contributed by atoms with Crippen molar-refractivity contribution in [2.45, 2.75) is 18.8 Å². The average Bonchev–Trinajstić information content (AvgIpc) is 2.99. The predicted octanol–water partition coefficient (Wildman–Crippen LogP) is 3.93. The highest BCUT2D eigenvalue weighted by Gasteiger charge is 2.39. The fourth-order valence-electron chi connectivity index (χ4n) is 2.61. The topological polar surface area (TPSA) is 38.9 Å². The monoisotopic (exact) mass is 272 g/mol. The molecule has 2 aromatic heterocycles. The van der Waals surface area contributed by atoms with Crippen molar-refractivity contribution < 1.29 is 13.2 Å². The second-order valence-electron chi connectivity index (χ2n) is 4.94. The molecule has 1 aliphatic carbocycles. The molecule has 2 heterocycles. The quantitative estimate of drug-likeness (QED) is 0.673. The Balaban J connectivity index is 1.90. The van der Waals surface area contributed by atoms with Crippen molar-refractivity contribution in [3.05, 3.63) is 47.8 Å². The third-order valence-corrected chi connectivity index (χ3v) is 3.64. The van der Waals surface area contributed by atoms with E-state index in [2.05, 4.69) is 9.97 Å². The minimum atomic E-state index is -2.75. The Labute approximate surface area is 113 Å². The lowest BCUT2D eigenvalue weighted by Crippen LogP contribution is -2.07. The fourth-order valence-corrected chi connectivity index (χ4v) is 2.61. The highest BCUT2D eigenvalue weighted by Crippen LogP contribution is 2.43. The molecule has 4 rings (SSSR count). The predicted molar refractivity (Wildman–Crippen MR) is 69.5 cm³/mol. The van der Waals surface area contributed by atoms with E-state index in [1.165, 1.54) is 6.07 Å². The number of benzene rings is 1. The third-order valence-electron chi connectivity index (χ3n) is 3.64. The van der Waals surface area contributed by atoms with Crippen LogP contribution in [-0.4, -0.2) is 9.97 Å². The maximum absolute atomic E-state index is 13.7. The third kappa shape index (κ3) is 1.62. The van der Waals surface area contributed by atoms with E-state index in [1.807, 2.05) is 0 Å². The summed E-state index contributed by atoms with van der Waals surface area (Å²) in [4.78, 5) is 8.22. The summed E-state index contributed by atoms with van der Waals surface area (Å²) in [5.41, 5.74) is 2.54. The summed E-state index contributed by atoms with van der Waals surface area (Å²) in [5.74, 6) is -2.33. The van der Waals surface area contributed by atoms with Gasteiger partial charge in [0.1, 0.15) is 5.52 Å². The van der Waals surface area contributed by atoms with Crippen molar-refractivity contribution in [1.29, 1.82) is 0 Å². The zero-order valence-electron chi connectivity index (χ0n) is 10.4. The van der Waals surface area contributed by atoms with Crippen LogP contribution in [0.3, 0.4) is 0 Å². The van der Waals surface area contributed by atoms with Crippen LogP contribution in [0.15, 0.2) is 41.1 Å². The summed E-state index contributed by atoms with van der Waals surface area (Å²) in [6.45, 7) is 0. The SMILES string of the molecule is FC1(F)CCc2cc3oc(-c4ccncc4)nc3cc21. The number of aryl methyl sites for hydroxylation is 1. The van der Waals surface area contributed by atoms with Crippen molar-refractivity contribution in [3.63, 3.8) is 0 Å². The molecule has 3 nitrogen and oxygen atoms in total. The molecule has 0 atom stereocenters. The number of oxazole rings is 1. The van der Waals surface area contributed by atoms with E-state index in [-0.39, 0.29) is 12.0 Å². The second kappa shape index (κ2) is 3.85. The minimum Gasteiger partial charge on any atom is -0.436 e. The largest absolute Gasteiger partial charge is 0.436 e. The van der Waals surface area contributed by atoms with Gasteiger partial charge in [0.2, 0.25) is 5.89 Å². The number of alkyl halides is 2. The van der Waals surface area contributed by atoms with Gasteiger partial charge in [-0.2, -0.15) is 0 Å². The van der Waals surface area contributed by atoms with E-state index < -0.39 is 5.92 Å². The molecule has 0 bridgehead atoms. The summed E-state index contributed by atoms with van der Waals surface area (Å²) in [6, 6.07) is 6.68. The van der Waals surface area contributed by atoms with Gasteiger partial charge in [-0.1, -0.05) is 0 Å². The number of halogens is 2. The molecule has 20 heavy (non-hydrogen) atoms. The first kappa shape index (κ1) is 11.5. The van der Waals surface area contributed by atoms with Crippen LogP contribution in [0.25, 0.3) is 22.6 Å². The van der Waals surface area contributed by atoms with E-state index in [9.17, 15) is 8.78 Å². The lowest BCUT2D eigenvalue weighted by molar-refractivity contribution is -0.00175. The molecule has 0 aliphatic heterocycles. The Morgan fingerprint density at radius 2 is 1.95 bits per heavy atom. The first-order valence-corrected chi connectivity index (χ1v) is 6.36. The number of fused-ring (bicyclic) bond motifs is 2. The number of nitrogens with zero attached hydrogens (tertiary/aromatic N) is 2. The van der Waals surface area contributed by atoms with Gasteiger partial charge < -0.3 is 4.42 Å². The van der Waals surface area contributed by atoms with Gasteiger partial charge in [-0.25, -0.2) is 13.8 Å². The molecule has 0 amide bonds. The molecular formula is C15H10F2N2O. The van der Waals surface area contributed by atoms with Crippen LogP contribution in [0.2, 0.25) is 0 Å². The average molecular weight is 272 g/mol. The molecule has 0 saturated heterocycles. The lowest BCUT2D eigenvalue weighted by Gasteiger charge is -2.08. The molecule has 0 saturated carbocycles. The van der Waals surface area contributed by atoms with Gasteiger partial charge in [0.25, 0.3) is 5.92 Å². The molecule has 3 aromatic rings. The summed E-state index contributed by atoms with van der Waals surface area (Å²) < 4.78 is 33.1. The Morgan fingerprint density at radius 3 is 2.75 bits per heavy atom. The first-order chi connectivity index (χ1) is 9.63. The van der Waals surface area contributed by atoms with Gasteiger partial charge in [0.15, 0.2) is 5.58 Å². The van der Waals surface area contributed by atoms with E-state index in [4.69, 9.17) is 4.42 Å². The number of hydrogen-bond donors (Lipinski definition) is 0. The molecule has 0 radical (unpaired) electrons. The van der Waals surface area contributed by atoms with Crippen LogP contribution < -0.4 is 0 Å². The van der Waals surface area contributed by atoms with Crippen LogP contribution in [0.5, 0.6) is 0 Å². The molecule has 100 valence electrons. The second-order valence-corrected chi connectivity index (χ2v) is 4.94. The zero-order chi connectivity index (χ0) is 13.7. The first-order valence-electron chi connectivity index (χ1n) is 6.36. The van der Waals surface area contributed by atoms with Gasteiger partial charge in [-0.3, -0.25) is 4.98 Å². The van der Waals surface area contributed by atoms with Gasteiger partial charge >= 0.3 is 0 Å². The van der Waals surface area contributed by atoms with Crippen LogP contribution in [0.1, 0.15) is 17.5 Å². The van der Waals surface area contributed by atoms with Gasteiger partial charge in [-0.05, 0) is 36.2 Å². The highest BCUT2D eigenvalue weighted by molar-refractivity contribution is 5.78. The van der Waals surface area contributed by atoms with Crippen LogP contribution in [-0.2, 0) is 12.3 Å². The fraction of sp³-hybridized carbons (Fsp3) is 0.200. The normalized spacial score (nSPS) is 16.5. The van der Waals surface area contributed by atoms with Gasteiger partial charge in [0.05, 0.1) is 0 Å². The minimum absolute atomic E-state index is 0.0829. The summed E-state index contributed by atoms with van der Waals surface area (Å²) in [6.07, 6.45) is 3.52. The Bertz CT molecular complexity index is 796. The molecule has 1 aromatic carbocycles. The lowest BCUT2D eigenvalue weighted by atomic mass is 10.1. The standard InChI is InChI=1S/C15H10F2N2O/c16-15(17)4-1-10-7-13-12(8-11(10)15)19-14(20-13)9-2-5-18-6-3-9/h2-3,5-8H,1,4H2. The molecule has 5 heteroatoms. The number of aromatic nitrogens is 2. The molecular weight excluding hydrogens is 262 g/mol. The maximum Gasteiger partial charge on any atom is 0.273 e. The Kier molecular flexibility index (Phi) is 2.22. The van der Waals surface area contributed by atoms with E-state index >= 15 is 0 Å². The van der Waals surface area contributed by atoms with Crippen molar-refractivity contribution in [2.75, 3.05) is 0 Å². The van der Waals surface area contributed by atoms with E-state index in [0.717, 1.165) is 5.56 Å². The molecule has 0 spiro atoms. The van der Waals surface area contributed by atoms with Crippen molar-refractivity contribution >= 4 is 11.1 Å². The molecule has 0 fully saturated rings. The number of hydrogen-bond acceptors (Lipinski definition) is 3. The number of rotatable bonds is 1. The molecule has 1 aliphatic rings. The highest BCUT2D eigenvalue weighted by atomic mass is 19.3. The van der Waals surface area contributed by atoms with Crippen LogP contribution >= 0.6 is 0 Å². The molecule has 0 N–H and O–H groups in total. The van der Waals surface area contributed by atoms with E-state index in [1.54, 1.807) is 30.6 Å². The van der Waals surface area contributed by atoms with Crippen LogP contribution in [0.4, 0.5) is 8.78 Å². The van der Waals surface area contributed by atoms with E-state index in [0.29, 0.717) is 29.0 Å². The van der Waals surface area contributed by atoms with Crippen molar-refractivity contribution in [3.8, 4) is 11.5 Å². The molecule has 0 unspecified atom stereocenters. The zero-order valence-corrected chi connectivity index (χ0v) is 10.4. The maximum atomic E-state index is 13.7. The number of pyridine rings is 1. The Hall–Kier alpha value is -2.30. The van der Waals surface area contributed by atoms with Crippen molar-refractivity contribution in [2.24, 2.45) is 0 Å². The van der Waals surface area contributed by atoms with Crippen LogP contribution in [0, 0.1) is 0 Å². The smallest absolute Gasteiger partial charge is 0.273 e.